The number of benzene rings is 2. The smallest absolute Gasteiger partial charge is 0.332 e. The Kier molecular flexibility index (Phi) is 4.11. The molecule has 0 aliphatic heterocycles. The summed E-state index contributed by atoms with van der Waals surface area (Å²) >= 11 is 0. The number of amides is 1. The summed E-state index contributed by atoms with van der Waals surface area (Å²) in [6.07, 6.45) is 1.51. The van der Waals surface area contributed by atoms with Gasteiger partial charge in [0.05, 0.1) is 11.9 Å². The van der Waals surface area contributed by atoms with Gasteiger partial charge in [0.15, 0.2) is 6.04 Å². The van der Waals surface area contributed by atoms with E-state index in [1.54, 1.807) is 12.1 Å². The molecule has 0 aliphatic carbocycles. The van der Waals surface area contributed by atoms with E-state index in [0.29, 0.717) is 17.2 Å². The lowest BCUT2D eigenvalue weighted by Crippen LogP contribution is -2.28. The number of aromatic nitrogens is 1. The van der Waals surface area contributed by atoms with Crippen molar-refractivity contribution in [1.82, 2.24) is 10.3 Å². The number of hydrogen-bond donors (Lipinski definition) is 3. The highest BCUT2D eigenvalue weighted by molar-refractivity contribution is 6.03. The van der Waals surface area contributed by atoms with Crippen molar-refractivity contribution in [2.75, 3.05) is 0 Å². The van der Waals surface area contributed by atoms with Crippen LogP contribution in [0.2, 0.25) is 0 Å². The molecule has 0 bridgehead atoms. The summed E-state index contributed by atoms with van der Waals surface area (Å²) in [7, 11) is 0. The molecule has 120 valence electrons. The molecule has 6 heteroatoms. The fraction of sp³-hybridized carbons (Fsp3) is 0.0556. The third-order valence-corrected chi connectivity index (χ3v) is 3.76. The van der Waals surface area contributed by atoms with Crippen molar-refractivity contribution in [3.05, 3.63) is 60.4 Å². The van der Waals surface area contributed by atoms with Crippen LogP contribution in [-0.2, 0) is 9.59 Å². The predicted molar refractivity (Wildman–Crippen MR) is 88.4 cm³/mol. The minimum atomic E-state index is -1.31. The minimum absolute atomic E-state index is 0.0539. The fourth-order valence-electron chi connectivity index (χ4n) is 2.72. The van der Waals surface area contributed by atoms with Crippen LogP contribution in [0.1, 0.15) is 11.7 Å². The first-order valence-electron chi connectivity index (χ1n) is 7.22. The summed E-state index contributed by atoms with van der Waals surface area (Å²) < 4.78 is 0. The van der Waals surface area contributed by atoms with E-state index in [0.717, 1.165) is 11.1 Å². The molecule has 0 fully saturated rings. The van der Waals surface area contributed by atoms with E-state index in [9.17, 15) is 19.8 Å². The van der Waals surface area contributed by atoms with E-state index in [1.165, 1.54) is 6.20 Å². The van der Waals surface area contributed by atoms with Gasteiger partial charge in [-0.15, -0.1) is 0 Å². The molecule has 0 radical (unpaired) electrons. The summed E-state index contributed by atoms with van der Waals surface area (Å²) in [6.45, 7) is 0. The Morgan fingerprint density at radius 1 is 1.12 bits per heavy atom. The number of pyridine rings is 1. The van der Waals surface area contributed by atoms with E-state index in [1.807, 2.05) is 36.4 Å². The Morgan fingerprint density at radius 3 is 2.54 bits per heavy atom. The number of carbonyl (C=O) groups excluding carboxylic acids is 1. The van der Waals surface area contributed by atoms with Crippen LogP contribution >= 0.6 is 0 Å². The number of hydrogen-bond acceptors (Lipinski definition) is 4. The van der Waals surface area contributed by atoms with Gasteiger partial charge in [0, 0.05) is 10.8 Å². The number of aromatic hydroxyl groups is 1. The first-order valence-corrected chi connectivity index (χ1v) is 7.22. The Bertz CT molecular complexity index is 910. The van der Waals surface area contributed by atoms with Crippen molar-refractivity contribution in [3.8, 4) is 16.9 Å². The lowest BCUT2D eigenvalue weighted by Gasteiger charge is -2.16. The van der Waals surface area contributed by atoms with Crippen LogP contribution in [0, 0.1) is 0 Å². The summed E-state index contributed by atoms with van der Waals surface area (Å²) in [4.78, 5) is 26.4. The van der Waals surface area contributed by atoms with Crippen LogP contribution in [0.25, 0.3) is 21.9 Å². The van der Waals surface area contributed by atoms with Crippen molar-refractivity contribution in [2.24, 2.45) is 0 Å². The third-order valence-electron chi connectivity index (χ3n) is 3.76. The van der Waals surface area contributed by atoms with Crippen molar-refractivity contribution in [2.45, 2.75) is 6.04 Å². The zero-order valence-corrected chi connectivity index (χ0v) is 12.5. The van der Waals surface area contributed by atoms with Crippen molar-refractivity contribution in [1.29, 1.82) is 0 Å². The average Bonchev–Trinajstić information content (AvgIpc) is 2.61. The lowest BCUT2D eigenvalue weighted by molar-refractivity contribution is -0.140. The SMILES string of the molecule is O=CN[C@H](C(=O)O)c1ncc(O)c2cccc(-c3ccccc3)c12. The molecule has 3 rings (SSSR count). The number of carbonyl (C=O) groups is 2. The zero-order chi connectivity index (χ0) is 17.1. The number of nitrogens with zero attached hydrogens (tertiary/aromatic N) is 1. The summed E-state index contributed by atoms with van der Waals surface area (Å²) in [5.41, 5.74) is 1.75. The zero-order valence-electron chi connectivity index (χ0n) is 12.5. The van der Waals surface area contributed by atoms with Crippen molar-refractivity contribution in [3.63, 3.8) is 0 Å². The van der Waals surface area contributed by atoms with Gasteiger partial charge in [-0.3, -0.25) is 9.78 Å². The molecular weight excluding hydrogens is 308 g/mol. The maximum atomic E-state index is 11.5. The van der Waals surface area contributed by atoms with Gasteiger partial charge in [0.2, 0.25) is 6.41 Å². The first kappa shape index (κ1) is 15.5. The van der Waals surface area contributed by atoms with E-state index >= 15 is 0 Å². The predicted octanol–water partition coefficient (Wildman–Crippen LogP) is 2.48. The monoisotopic (exact) mass is 322 g/mol. The van der Waals surface area contributed by atoms with Gasteiger partial charge in [0.1, 0.15) is 5.75 Å². The van der Waals surface area contributed by atoms with Gasteiger partial charge in [0.25, 0.3) is 0 Å². The number of carboxylic acid groups (broad SMARTS) is 1. The van der Waals surface area contributed by atoms with Crippen LogP contribution < -0.4 is 5.32 Å². The molecule has 1 atom stereocenters. The maximum absolute atomic E-state index is 11.5. The molecule has 3 aromatic rings. The normalized spacial score (nSPS) is 11.8. The molecule has 1 aromatic heterocycles. The quantitative estimate of drug-likeness (QED) is 0.627. The van der Waals surface area contributed by atoms with Gasteiger partial charge >= 0.3 is 5.97 Å². The second-order valence-electron chi connectivity index (χ2n) is 5.18. The first-order chi connectivity index (χ1) is 11.6. The van der Waals surface area contributed by atoms with E-state index in [2.05, 4.69) is 10.3 Å². The van der Waals surface area contributed by atoms with Gasteiger partial charge in [-0.05, 0) is 11.1 Å². The highest BCUT2D eigenvalue weighted by Crippen LogP contribution is 2.36. The Morgan fingerprint density at radius 2 is 1.88 bits per heavy atom. The van der Waals surface area contributed by atoms with Crippen LogP contribution in [0.5, 0.6) is 5.75 Å². The average molecular weight is 322 g/mol. The van der Waals surface area contributed by atoms with Crippen molar-refractivity contribution >= 4 is 23.2 Å². The van der Waals surface area contributed by atoms with E-state index < -0.39 is 12.0 Å². The molecule has 1 heterocycles. The molecular formula is C18H14N2O4. The van der Waals surface area contributed by atoms with Gasteiger partial charge in [-0.2, -0.15) is 0 Å². The Balaban J connectivity index is 2.36. The molecule has 6 nitrogen and oxygen atoms in total. The fourth-order valence-corrected chi connectivity index (χ4v) is 2.72. The molecule has 0 saturated heterocycles. The van der Waals surface area contributed by atoms with Crippen LogP contribution in [0.15, 0.2) is 54.7 Å². The number of rotatable bonds is 5. The van der Waals surface area contributed by atoms with Gasteiger partial charge in [-0.25, -0.2) is 4.79 Å². The maximum Gasteiger partial charge on any atom is 0.332 e. The van der Waals surface area contributed by atoms with Gasteiger partial charge in [-0.1, -0.05) is 48.5 Å². The molecule has 1 amide bonds. The molecule has 24 heavy (non-hydrogen) atoms. The molecule has 0 aliphatic rings. The topological polar surface area (TPSA) is 99.5 Å². The van der Waals surface area contributed by atoms with E-state index in [4.69, 9.17) is 0 Å². The highest BCUT2D eigenvalue weighted by atomic mass is 16.4. The Hall–Kier alpha value is -3.41. The number of nitrogens with one attached hydrogen (secondary N) is 1. The van der Waals surface area contributed by atoms with Crippen LogP contribution in [0.3, 0.4) is 0 Å². The summed E-state index contributed by atoms with van der Waals surface area (Å²) in [5, 5.41) is 22.8. The summed E-state index contributed by atoms with van der Waals surface area (Å²) in [5.74, 6) is -1.29. The summed E-state index contributed by atoms with van der Waals surface area (Å²) in [6, 6.07) is 13.3. The van der Waals surface area contributed by atoms with Crippen molar-refractivity contribution < 1.29 is 19.8 Å². The molecule has 2 aromatic carbocycles. The molecule has 0 unspecified atom stereocenters. The number of fused-ring (bicyclic) bond motifs is 1. The molecule has 0 spiro atoms. The molecule has 0 saturated carbocycles. The third kappa shape index (κ3) is 2.65. The standard InChI is InChI=1S/C18H14N2O4/c21-10-20-17(18(23)24)16-15-12(11-5-2-1-3-6-11)7-4-8-13(15)14(22)9-19-16/h1-10,17,22H,(H,20,21)(H,23,24)/t17-/m0/s1. The van der Waals surface area contributed by atoms with Crippen LogP contribution in [-0.4, -0.2) is 27.6 Å². The van der Waals surface area contributed by atoms with Crippen LogP contribution in [0.4, 0.5) is 0 Å². The number of carboxylic acids is 1. The Labute approximate surface area is 137 Å². The number of aliphatic carboxylic acids is 1. The molecule has 3 N–H and O–H groups in total. The lowest BCUT2D eigenvalue weighted by atomic mass is 9.94. The van der Waals surface area contributed by atoms with E-state index in [-0.39, 0.29) is 11.4 Å². The largest absolute Gasteiger partial charge is 0.506 e. The minimum Gasteiger partial charge on any atom is -0.506 e. The second-order valence-corrected chi connectivity index (χ2v) is 5.18. The second kappa shape index (κ2) is 6.37. The van der Waals surface area contributed by atoms with Gasteiger partial charge < -0.3 is 15.5 Å². The highest BCUT2D eigenvalue weighted by Gasteiger charge is 2.25.